The van der Waals surface area contributed by atoms with Crippen LogP contribution in [0.5, 0.6) is 5.75 Å². The highest BCUT2D eigenvalue weighted by atomic mass is 35.5. The second kappa shape index (κ2) is 11.2. The van der Waals surface area contributed by atoms with Crippen LogP contribution in [0.15, 0.2) is 85.5 Å². The van der Waals surface area contributed by atoms with Gasteiger partial charge in [0.15, 0.2) is 0 Å². The molecule has 3 nitrogen and oxygen atoms in total. The van der Waals surface area contributed by atoms with Crippen LogP contribution in [-0.2, 0) is 22.5 Å². The van der Waals surface area contributed by atoms with E-state index in [1.807, 2.05) is 37.3 Å². The summed E-state index contributed by atoms with van der Waals surface area (Å²) in [6, 6.07) is 25.0. The lowest BCUT2D eigenvalue weighted by Gasteiger charge is -2.57. The summed E-state index contributed by atoms with van der Waals surface area (Å²) in [6.07, 6.45) is 6.79. The van der Waals surface area contributed by atoms with E-state index in [1.165, 1.54) is 16.7 Å². The molecule has 2 aliphatic rings. The molecular formula is C32H35ClO3. The fourth-order valence-electron chi connectivity index (χ4n) is 5.74. The maximum Gasteiger partial charge on any atom is 0.119 e. The summed E-state index contributed by atoms with van der Waals surface area (Å²) in [5.74, 6) is 1.30. The van der Waals surface area contributed by atoms with Crippen LogP contribution in [0.25, 0.3) is 0 Å². The van der Waals surface area contributed by atoms with Gasteiger partial charge < -0.3 is 14.2 Å². The van der Waals surface area contributed by atoms with Crippen molar-refractivity contribution in [3.8, 4) is 5.75 Å². The van der Waals surface area contributed by atoms with Crippen LogP contribution < -0.4 is 4.74 Å². The number of benzene rings is 3. The molecule has 3 aromatic rings. The highest BCUT2D eigenvalue weighted by molar-refractivity contribution is 6.31. The summed E-state index contributed by atoms with van der Waals surface area (Å²) >= 11 is 6.65. The zero-order chi connectivity index (χ0) is 25.0. The number of rotatable bonds is 10. The summed E-state index contributed by atoms with van der Waals surface area (Å²) in [4.78, 5) is 0. The summed E-state index contributed by atoms with van der Waals surface area (Å²) < 4.78 is 19.0. The quantitative estimate of drug-likeness (QED) is 0.262. The van der Waals surface area contributed by atoms with Crippen molar-refractivity contribution >= 4 is 11.6 Å². The first kappa shape index (κ1) is 25.1. The maximum absolute atomic E-state index is 6.86. The molecule has 1 aliphatic heterocycles. The van der Waals surface area contributed by atoms with Crippen LogP contribution in [0.4, 0.5) is 0 Å². The molecule has 0 aromatic heterocycles. The van der Waals surface area contributed by atoms with Gasteiger partial charge in [0.2, 0.25) is 0 Å². The Kier molecular flexibility index (Phi) is 7.81. The summed E-state index contributed by atoms with van der Waals surface area (Å²) in [5.41, 5.74) is 4.51. The topological polar surface area (TPSA) is 27.7 Å². The van der Waals surface area contributed by atoms with E-state index in [-0.39, 0.29) is 17.8 Å². The fraction of sp³-hybridized carbons (Fsp3) is 0.375. The molecule has 4 atom stereocenters. The Balaban J connectivity index is 1.35. The predicted molar refractivity (Wildman–Crippen MR) is 146 cm³/mol. The summed E-state index contributed by atoms with van der Waals surface area (Å²) in [5, 5.41) is 0.780. The van der Waals surface area contributed by atoms with Gasteiger partial charge in [-0.1, -0.05) is 72.3 Å². The Morgan fingerprint density at radius 2 is 1.86 bits per heavy atom. The number of fused-ring (bicyclic) bond motifs is 1. The molecule has 2 fully saturated rings. The van der Waals surface area contributed by atoms with Gasteiger partial charge in [-0.3, -0.25) is 0 Å². The monoisotopic (exact) mass is 502 g/mol. The van der Waals surface area contributed by atoms with Gasteiger partial charge in [0.25, 0.3) is 0 Å². The molecule has 5 rings (SSSR count). The molecule has 1 saturated carbocycles. The first-order valence-electron chi connectivity index (χ1n) is 13.0. The molecule has 0 bridgehead atoms. The van der Waals surface area contributed by atoms with Gasteiger partial charge in [-0.2, -0.15) is 0 Å². The van der Waals surface area contributed by atoms with Gasteiger partial charge in [-0.05, 0) is 73.1 Å². The fourth-order valence-corrected chi connectivity index (χ4v) is 5.93. The first-order valence-corrected chi connectivity index (χ1v) is 13.4. The highest BCUT2D eigenvalue weighted by Crippen LogP contribution is 2.55. The number of ether oxygens (including phenoxy) is 3. The van der Waals surface area contributed by atoms with Gasteiger partial charge in [0, 0.05) is 17.4 Å². The Hall–Kier alpha value is -2.59. The minimum Gasteiger partial charge on any atom is -0.494 e. The van der Waals surface area contributed by atoms with Crippen molar-refractivity contribution in [3.63, 3.8) is 0 Å². The van der Waals surface area contributed by atoms with E-state index in [1.54, 1.807) is 0 Å². The third-order valence-electron chi connectivity index (χ3n) is 7.69. The zero-order valence-corrected chi connectivity index (χ0v) is 21.8. The zero-order valence-electron chi connectivity index (χ0n) is 21.0. The lowest BCUT2D eigenvalue weighted by Crippen LogP contribution is -2.58. The van der Waals surface area contributed by atoms with Crippen molar-refractivity contribution in [2.24, 2.45) is 5.92 Å². The third-order valence-corrected chi connectivity index (χ3v) is 8.06. The third kappa shape index (κ3) is 5.39. The number of halogens is 1. The van der Waals surface area contributed by atoms with Crippen molar-refractivity contribution in [2.45, 2.75) is 63.4 Å². The average molecular weight is 503 g/mol. The molecule has 3 aromatic carbocycles. The lowest BCUT2D eigenvalue weighted by molar-refractivity contribution is -0.259. The van der Waals surface area contributed by atoms with Crippen LogP contribution in [0.3, 0.4) is 0 Å². The van der Waals surface area contributed by atoms with Crippen molar-refractivity contribution in [2.75, 3.05) is 6.61 Å². The predicted octanol–water partition coefficient (Wildman–Crippen LogP) is 8.10. The minimum absolute atomic E-state index is 0.0291. The Morgan fingerprint density at radius 3 is 2.56 bits per heavy atom. The SMILES string of the molecule is C=CC[C@@]12CC[C@@H]1[C@H](OCc1ccccc1)C[C@H](c1ccc(Cl)c(Cc3ccc(OCC)cc3)c1)O2. The van der Waals surface area contributed by atoms with Crippen LogP contribution in [-0.4, -0.2) is 18.3 Å². The van der Waals surface area contributed by atoms with Crippen LogP contribution in [0.2, 0.25) is 5.02 Å². The molecule has 1 saturated heterocycles. The molecular weight excluding hydrogens is 468 g/mol. The highest BCUT2D eigenvalue weighted by Gasteiger charge is 2.55. The van der Waals surface area contributed by atoms with Crippen molar-refractivity contribution in [1.82, 2.24) is 0 Å². The average Bonchev–Trinajstić information content (AvgIpc) is 2.88. The van der Waals surface area contributed by atoms with E-state index >= 15 is 0 Å². The van der Waals surface area contributed by atoms with Gasteiger partial charge in [-0.25, -0.2) is 0 Å². The van der Waals surface area contributed by atoms with Crippen molar-refractivity contribution in [1.29, 1.82) is 0 Å². The molecule has 0 amide bonds. The van der Waals surface area contributed by atoms with E-state index < -0.39 is 0 Å². The van der Waals surface area contributed by atoms with E-state index in [2.05, 4.69) is 55.1 Å². The van der Waals surface area contributed by atoms with Gasteiger partial charge >= 0.3 is 0 Å². The lowest BCUT2D eigenvalue weighted by atomic mass is 9.62. The van der Waals surface area contributed by atoms with Crippen LogP contribution in [0.1, 0.15) is 61.0 Å². The number of hydrogen-bond donors (Lipinski definition) is 0. The summed E-state index contributed by atoms with van der Waals surface area (Å²) in [6.45, 7) is 7.32. The molecule has 0 N–H and O–H groups in total. The van der Waals surface area contributed by atoms with Crippen LogP contribution >= 0.6 is 11.6 Å². The molecule has 0 unspecified atom stereocenters. The van der Waals surface area contributed by atoms with E-state index in [0.717, 1.165) is 48.4 Å². The van der Waals surface area contributed by atoms with Gasteiger partial charge in [0.05, 0.1) is 31.0 Å². The smallest absolute Gasteiger partial charge is 0.119 e. The molecule has 4 heteroatoms. The van der Waals surface area contributed by atoms with Crippen molar-refractivity contribution in [3.05, 3.63) is 113 Å². The maximum atomic E-state index is 6.86. The Morgan fingerprint density at radius 1 is 1.06 bits per heavy atom. The minimum atomic E-state index is -0.180. The van der Waals surface area contributed by atoms with E-state index in [4.69, 9.17) is 25.8 Å². The molecule has 0 spiro atoms. The van der Waals surface area contributed by atoms with E-state index in [0.29, 0.717) is 19.1 Å². The van der Waals surface area contributed by atoms with Gasteiger partial charge in [0.1, 0.15) is 5.75 Å². The van der Waals surface area contributed by atoms with Gasteiger partial charge in [-0.15, -0.1) is 6.58 Å². The number of hydrogen-bond acceptors (Lipinski definition) is 3. The second-order valence-electron chi connectivity index (χ2n) is 9.98. The first-order chi connectivity index (χ1) is 17.6. The van der Waals surface area contributed by atoms with E-state index in [9.17, 15) is 0 Å². The standard InChI is InChI=1S/C32H35ClO3/c1-3-17-32-18-16-28(32)31(35-22-24-8-6-5-7-9-24)21-30(36-32)25-12-15-29(33)26(20-25)19-23-10-13-27(14-11-23)34-4-2/h3,5-15,20,28,30-31H,1,4,16-19,21-22H2,2H3/t28-,30-,31-,32-/m1/s1. The molecule has 1 aliphatic carbocycles. The Labute approximate surface area is 220 Å². The van der Waals surface area contributed by atoms with Crippen molar-refractivity contribution < 1.29 is 14.2 Å². The largest absolute Gasteiger partial charge is 0.494 e. The second-order valence-corrected chi connectivity index (χ2v) is 10.4. The van der Waals surface area contributed by atoms with Crippen LogP contribution in [0, 0.1) is 5.92 Å². The molecule has 0 radical (unpaired) electrons. The Bertz CT molecular complexity index is 1160. The molecule has 36 heavy (non-hydrogen) atoms. The molecule has 1 heterocycles. The summed E-state index contributed by atoms with van der Waals surface area (Å²) in [7, 11) is 0. The molecule has 188 valence electrons. The normalized spacial score (nSPS) is 25.0.